The smallest absolute Gasteiger partial charge is 0.387 e. The van der Waals surface area contributed by atoms with E-state index in [2.05, 4.69) is 15.4 Å². The zero-order chi connectivity index (χ0) is 24.2. The summed E-state index contributed by atoms with van der Waals surface area (Å²) in [5, 5.41) is 5.17. The SMILES string of the molecule is CS(=O)(=O)c1cccc(C(=O)Nc2ccc(NC(=O)c3ccccc3OC(F)F)cc2Cl)c1. The second-order valence-corrected chi connectivity index (χ2v) is 9.20. The van der Waals surface area contributed by atoms with Crippen molar-refractivity contribution in [3.05, 3.63) is 82.9 Å². The average Bonchev–Trinajstić information content (AvgIpc) is 2.75. The van der Waals surface area contributed by atoms with Crippen LogP contribution in [-0.2, 0) is 9.84 Å². The number of carbonyl (C=O) groups is 2. The normalized spacial score (nSPS) is 11.2. The Morgan fingerprint density at radius 1 is 0.939 bits per heavy atom. The highest BCUT2D eigenvalue weighted by Crippen LogP contribution is 2.28. The summed E-state index contributed by atoms with van der Waals surface area (Å²) in [4.78, 5) is 25.0. The molecular weight excluding hydrogens is 478 g/mol. The molecule has 172 valence electrons. The second-order valence-electron chi connectivity index (χ2n) is 6.78. The highest BCUT2D eigenvalue weighted by atomic mass is 35.5. The van der Waals surface area contributed by atoms with Crippen LogP contribution in [-0.4, -0.2) is 33.1 Å². The Kier molecular flexibility index (Phi) is 7.29. The Morgan fingerprint density at radius 2 is 1.67 bits per heavy atom. The van der Waals surface area contributed by atoms with E-state index in [9.17, 15) is 26.8 Å². The predicted octanol–water partition coefficient (Wildman–Crippen LogP) is 4.85. The summed E-state index contributed by atoms with van der Waals surface area (Å²) in [6.45, 7) is -3.09. The molecule has 0 saturated heterocycles. The van der Waals surface area contributed by atoms with Crippen molar-refractivity contribution >= 4 is 44.6 Å². The van der Waals surface area contributed by atoms with Gasteiger partial charge in [0.2, 0.25) is 0 Å². The minimum absolute atomic E-state index is 0.00425. The van der Waals surface area contributed by atoms with Gasteiger partial charge < -0.3 is 15.4 Å². The maximum absolute atomic E-state index is 12.6. The van der Waals surface area contributed by atoms with Crippen molar-refractivity contribution in [3.8, 4) is 5.75 Å². The third-order valence-electron chi connectivity index (χ3n) is 4.35. The van der Waals surface area contributed by atoms with Crippen LogP contribution in [0.2, 0.25) is 5.02 Å². The lowest BCUT2D eigenvalue weighted by atomic mass is 10.1. The van der Waals surface area contributed by atoms with Gasteiger partial charge in [-0.3, -0.25) is 9.59 Å². The van der Waals surface area contributed by atoms with Crippen LogP contribution in [0.1, 0.15) is 20.7 Å². The van der Waals surface area contributed by atoms with E-state index >= 15 is 0 Å². The van der Waals surface area contributed by atoms with Gasteiger partial charge in [-0.25, -0.2) is 8.42 Å². The van der Waals surface area contributed by atoms with Crippen molar-refractivity contribution in [1.82, 2.24) is 0 Å². The van der Waals surface area contributed by atoms with E-state index in [-0.39, 0.29) is 38.2 Å². The van der Waals surface area contributed by atoms with Gasteiger partial charge in [-0.15, -0.1) is 0 Å². The highest BCUT2D eigenvalue weighted by Gasteiger charge is 2.17. The van der Waals surface area contributed by atoms with Gasteiger partial charge in [0, 0.05) is 17.5 Å². The fraction of sp³-hybridized carbons (Fsp3) is 0.0909. The number of halogens is 3. The van der Waals surface area contributed by atoms with E-state index in [0.29, 0.717) is 0 Å². The molecule has 0 bridgehead atoms. The molecule has 2 N–H and O–H groups in total. The van der Waals surface area contributed by atoms with Crippen LogP contribution in [0.4, 0.5) is 20.2 Å². The third-order valence-corrected chi connectivity index (χ3v) is 5.77. The van der Waals surface area contributed by atoms with Gasteiger partial charge in [0.05, 0.1) is 21.2 Å². The van der Waals surface area contributed by atoms with Gasteiger partial charge in [0.1, 0.15) is 5.75 Å². The number of sulfone groups is 1. The predicted molar refractivity (Wildman–Crippen MR) is 120 cm³/mol. The number of hydrogen-bond donors (Lipinski definition) is 2. The Bertz CT molecular complexity index is 1320. The van der Waals surface area contributed by atoms with Crippen molar-refractivity contribution < 1.29 is 31.5 Å². The Labute approximate surface area is 193 Å². The first kappa shape index (κ1) is 24.1. The van der Waals surface area contributed by atoms with Crippen LogP contribution >= 0.6 is 11.6 Å². The molecule has 0 aromatic heterocycles. The summed E-state index contributed by atoms with van der Waals surface area (Å²) in [5.41, 5.74) is 0.471. The number of hydrogen-bond acceptors (Lipinski definition) is 5. The number of benzene rings is 3. The van der Waals surface area contributed by atoms with Crippen molar-refractivity contribution in [1.29, 1.82) is 0 Å². The van der Waals surface area contributed by atoms with Crippen LogP contribution in [0.5, 0.6) is 5.75 Å². The van der Waals surface area contributed by atoms with Gasteiger partial charge >= 0.3 is 6.61 Å². The molecule has 33 heavy (non-hydrogen) atoms. The number of ether oxygens (including phenoxy) is 1. The molecule has 7 nitrogen and oxygen atoms in total. The van der Waals surface area contributed by atoms with Crippen LogP contribution in [0.25, 0.3) is 0 Å². The second kappa shape index (κ2) is 9.97. The zero-order valence-corrected chi connectivity index (χ0v) is 18.6. The summed E-state index contributed by atoms with van der Waals surface area (Å²) in [5.74, 6) is -1.56. The molecule has 0 aliphatic heterocycles. The average molecular weight is 495 g/mol. The minimum atomic E-state index is -3.49. The fourth-order valence-electron chi connectivity index (χ4n) is 2.81. The third kappa shape index (κ3) is 6.27. The lowest BCUT2D eigenvalue weighted by molar-refractivity contribution is -0.0501. The van der Waals surface area contributed by atoms with Gasteiger partial charge in [-0.05, 0) is 48.5 Å². The van der Waals surface area contributed by atoms with E-state index in [4.69, 9.17) is 11.6 Å². The molecule has 0 atom stereocenters. The van der Waals surface area contributed by atoms with Crippen LogP contribution in [0.3, 0.4) is 0 Å². The zero-order valence-electron chi connectivity index (χ0n) is 17.0. The number of carbonyl (C=O) groups excluding carboxylic acids is 2. The molecule has 0 aliphatic carbocycles. The summed E-state index contributed by atoms with van der Waals surface area (Å²) < 4.78 is 52.9. The number of amides is 2. The molecular formula is C22H17ClF2N2O5S. The molecule has 0 fully saturated rings. The van der Waals surface area contributed by atoms with E-state index in [0.717, 1.165) is 6.26 Å². The van der Waals surface area contributed by atoms with Gasteiger partial charge in [0.25, 0.3) is 11.8 Å². The molecule has 0 saturated carbocycles. The molecule has 0 radical (unpaired) electrons. The largest absolute Gasteiger partial charge is 0.434 e. The summed E-state index contributed by atoms with van der Waals surface area (Å²) in [6, 6.07) is 15.3. The standard InChI is InChI=1S/C22H17ClF2N2O5S/c1-33(30,31)15-6-4-5-13(11-15)20(28)27-18-10-9-14(12-17(18)23)26-21(29)16-7-2-3-8-19(16)32-22(24)25/h2-12,22H,1H3,(H,26,29)(H,27,28). The van der Waals surface area contributed by atoms with E-state index in [1.807, 2.05) is 0 Å². The molecule has 0 heterocycles. The first-order valence-electron chi connectivity index (χ1n) is 9.31. The summed E-state index contributed by atoms with van der Waals surface area (Å²) in [6.07, 6.45) is 1.03. The van der Waals surface area contributed by atoms with Gasteiger partial charge in [-0.2, -0.15) is 8.78 Å². The monoisotopic (exact) mass is 494 g/mol. The maximum Gasteiger partial charge on any atom is 0.387 e. The molecule has 2 amide bonds. The molecule has 0 unspecified atom stereocenters. The Balaban J connectivity index is 1.75. The van der Waals surface area contributed by atoms with E-state index in [1.54, 1.807) is 0 Å². The van der Waals surface area contributed by atoms with Crippen molar-refractivity contribution in [2.75, 3.05) is 16.9 Å². The summed E-state index contributed by atoms with van der Waals surface area (Å²) in [7, 11) is -3.49. The van der Waals surface area contributed by atoms with Crippen molar-refractivity contribution in [2.24, 2.45) is 0 Å². The highest BCUT2D eigenvalue weighted by molar-refractivity contribution is 7.90. The number of para-hydroxylation sites is 1. The van der Waals surface area contributed by atoms with Crippen LogP contribution in [0, 0.1) is 0 Å². The molecule has 0 spiro atoms. The number of nitrogens with one attached hydrogen (secondary N) is 2. The lowest BCUT2D eigenvalue weighted by Gasteiger charge is -2.12. The molecule has 11 heteroatoms. The lowest BCUT2D eigenvalue weighted by Crippen LogP contribution is -2.15. The van der Waals surface area contributed by atoms with Crippen LogP contribution in [0.15, 0.2) is 71.6 Å². The van der Waals surface area contributed by atoms with Gasteiger partial charge in [0.15, 0.2) is 9.84 Å². The maximum atomic E-state index is 12.6. The molecule has 3 rings (SSSR count). The molecule has 3 aromatic carbocycles. The topological polar surface area (TPSA) is 102 Å². The Hall–Kier alpha value is -3.50. The summed E-state index contributed by atoms with van der Waals surface area (Å²) >= 11 is 6.21. The molecule has 3 aromatic rings. The molecule has 0 aliphatic rings. The number of anilines is 2. The van der Waals surface area contributed by atoms with Crippen LogP contribution < -0.4 is 15.4 Å². The van der Waals surface area contributed by atoms with Crippen molar-refractivity contribution in [3.63, 3.8) is 0 Å². The first-order chi connectivity index (χ1) is 15.5. The quantitative estimate of drug-likeness (QED) is 0.489. The van der Waals surface area contributed by atoms with E-state index < -0.39 is 28.3 Å². The Morgan fingerprint density at radius 3 is 2.33 bits per heavy atom. The van der Waals surface area contributed by atoms with Crippen molar-refractivity contribution in [2.45, 2.75) is 11.5 Å². The number of alkyl halides is 2. The fourth-order valence-corrected chi connectivity index (χ4v) is 3.70. The van der Waals surface area contributed by atoms with E-state index in [1.165, 1.54) is 66.7 Å². The number of rotatable bonds is 7. The first-order valence-corrected chi connectivity index (χ1v) is 11.6. The van der Waals surface area contributed by atoms with Gasteiger partial charge in [-0.1, -0.05) is 29.8 Å². The minimum Gasteiger partial charge on any atom is -0.434 e.